The van der Waals surface area contributed by atoms with Gasteiger partial charge in [0.05, 0.1) is 47.6 Å². The van der Waals surface area contributed by atoms with Crippen LogP contribution in [0.1, 0.15) is 27.2 Å². The van der Waals surface area contributed by atoms with Crippen LogP contribution in [0, 0.1) is 5.82 Å². The minimum atomic E-state index is -4.64. The summed E-state index contributed by atoms with van der Waals surface area (Å²) in [6.07, 6.45) is -1.18. The van der Waals surface area contributed by atoms with Crippen molar-refractivity contribution in [2.75, 3.05) is 19.4 Å². The first-order valence-electron chi connectivity index (χ1n) is 10.2. The van der Waals surface area contributed by atoms with E-state index in [9.17, 15) is 26.8 Å². The second-order valence-corrected chi connectivity index (χ2v) is 7.76. The Morgan fingerprint density at radius 1 is 1.23 bits per heavy atom. The second kappa shape index (κ2) is 9.06. The van der Waals surface area contributed by atoms with Gasteiger partial charge < -0.3 is 10.5 Å². The maximum Gasteiger partial charge on any atom is 0.419 e. The molecule has 184 valence electrons. The lowest BCUT2D eigenvalue weighted by atomic mass is 9.99. The lowest BCUT2D eigenvalue weighted by Gasteiger charge is -2.19. The smallest absolute Gasteiger partial charge is 0.383 e. The van der Waals surface area contributed by atoms with Crippen LogP contribution >= 0.6 is 0 Å². The van der Waals surface area contributed by atoms with Crippen LogP contribution in [0.25, 0.3) is 21.8 Å². The van der Waals surface area contributed by atoms with Crippen LogP contribution in [0.5, 0.6) is 0 Å². The molecule has 0 saturated carbocycles. The molecule has 5 rings (SSSR count). The van der Waals surface area contributed by atoms with Gasteiger partial charge in [-0.05, 0) is 24.1 Å². The largest absolute Gasteiger partial charge is 0.419 e. The zero-order valence-electron chi connectivity index (χ0n) is 18.5. The first-order chi connectivity index (χ1) is 16.5. The SMILES string of the molecule is CN(F)C(=O)c1cc2c(cn1)nc(N)c1cnn(C)c12.Fc1c(C(F)(F)F)ccc2c1COCC2. The molecule has 4 aromatic rings. The zero-order chi connectivity index (χ0) is 25.5. The number of hydrogen-bond acceptors (Lipinski definition) is 6. The highest BCUT2D eigenvalue weighted by Gasteiger charge is 2.35. The van der Waals surface area contributed by atoms with Crippen molar-refractivity contribution < 1.29 is 31.6 Å². The Kier molecular flexibility index (Phi) is 6.28. The number of aryl methyl sites for hydroxylation is 1. The molecule has 0 saturated heterocycles. The predicted molar refractivity (Wildman–Crippen MR) is 116 cm³/mol. The van der Waals surface area contributed by atoms with Gasteiger partial charge >= 0.3 is 6.18 Å². The highest BCUT2D eigenvalue weighted by atomic mass is 19.4. The first kappa shape index (κ1) is 24.3. The maximum absolute atomic E-state index is 13.5. The van der Waals surface area contributed by atoms with Gasteiger partial charge in [0.2, 0.25) is 0 Å². The zero-order valence-corrected chi connectivity index (χ0v) is 18.5. The molecule has 0 aliphatic carbocycles. The molecule has 35 heavy (non-hydrogen) atoms. The number of alkyl halides is 3. The molecular weight excluding hydrogens is 475 g/mol. The molecule has 1 amide bonds. The van der Waals surface area contributed by atoms with Crippen LogP contribution in [0.3, 0.4) is 0 Å². The summed E-state index contributed by atoms with van der Waals surface area (Å²) >= 11 is 0. The van der Waals surface area contributed by atoms with E-state index in [4.69, 9.17) is 10.5 Å². The normalized spacial score (nSPS) is 13.3. The third-order valence-electron chi connectivity index (χ3n) is 5.50. The summed E-state index contributed by atoms with van der Waals surface area (Å²) in [6, 6.07) is 3.60. The number of nitrogens with two attached hydrogens (primary N) is 1. The number of benzene rings is 1. The van der Waals surface area contributed by atoms with Gasteiger partial charge in [-0.3, -0.25) is 9.48 Å². The number of rotatable bonds is 1. The number of pyridine rings is 2. The van der Waals surface area contributed by atoms with E-state index in [1.807, 2.05) is 0 Å². The molecule has 0 spiro atoms. The quantitative estimate of drug-likeness (QED) is 0.318. The van der Waals surface area contributed by atoms with Gasteiger partial charge in [-0.15, -0.1) is 0 Å². The van der Waals surface area contributed by atoms with Crippen molar-refractivity contribution in [2.45, 2.75) is 19.2 Å². The van der Waals surface area contributed by atoms with Gasteiger partial charge in [0.25, 0.3) is 5.91 Å². The van der Waals surface area contributed by atoms with E-state index >= 15 is 0 Å². The summed E-state index contributed by atoms with van der Waals surface area (Å²) in [5.41, 5.74) is 6.53. The monoisotopic (exact) mass is 494 g/mol. The lowest BCUT2D eigenvalue weighted by molar-refractivity contribution is -0.140. The van der Waals surface area contributed by atoms with E-state index in [1.54, 1.807) is 17.9 Å². The summed E-state index contributed by atoms with van der Waals surface area (Å²) in [5.74, 6) is -1.68. The Morgan fingerprint density at radius 3 is 2.66 bits per heavy atom. The second-order valence-electron chi connectivity index (χ2n) is 7.76. The molecule has 0 fully saturated rings. The molecule has 0 bridgehead atoms. The number of nitrogens with zero attached hydrogens (tertiary/aromatic N) is 5. The van der Waals surface area contributed by atoms with Gasteiger partial charge in [0.15, 0.2) is 0 Å². The third-order valence-corrected chi connectivity index (χ3v) is 5.50. The number of anilines is 1. The molecular formula is C22H19F5N6O2. The van der Waals surface area contributed by atoms with Crippen LogP contribution < -0.4 is 5.73 Å². The summed E-state index contributed by atoms with van der Waals surface area (Å²) in [4.78, 5) is 19.8. The van der Waals surface area contributed by atoms with Crippen LogP contribution in [-0.2, 0) is 31.0 Å². The molecule has 1 aromatic carbocycles. The van der Waals surface area contributed by atoms with Crippen molar-refractivity contribution >= 4 is 33.5 Å². The molecule has 4 heterocycles. The van der Waals surface area contributed by atoms with Gasteiger partial charge in [0.1, 0.15) is 17.3 Å². The van der Waals surface area contributed by atoms with Gasteiger partial charge in [0, 0.05) is 25.0 Å². The summed E-state index contributed by atoms with van der Waals surface area (Å²) in [5, 5.41) is 5.44. The highest BCUT2D eigenvalue weighted by molar-refractivity contribution is 6.09. The van der Waals surface area contributed by atoms with Crippen molar-refractivity contribution in [3.63, 3.8) is 0 Å². The van der Waals surface area contributed by atoms with Gasteiger partial charge in [-0.1, -0.05) is 10.5 Å². The molecule has 13 heteroatoms. The molecule has 8 nitrogen and oxygen atoms in total. The number of fused-ring (bicyclic) bond motifs is 4. The Labute approximate surface area is 195 Å². The topological polar surface area (TPSA) is 99.2 Å². The van der Waals surface area contributed by atoms with Crippen LogP contribution in [-0.4, -0.2) is 44.4 Å². The number of amides is 1. The summed E-state index contributed by atoms with van der Waals surface area (Å²) < 4.78 is 70.0. The standard InChI is InChI=1S/C12H11FN6O.C10H8F4O/c1-18(13)12(20)8-3-6-9(5-15-8)17-11(14)7-4-16-19(2)10(6)7;11-9-7-5-15-4-3-6(7)1-2-8(9)10(12,13)14/h3-5H,1-2H3,(H2,14,17);1-2H,3-5H2. The van der Waals surface area contributed by atoms with E-state index < -0.39 is 23.5 Å². The average Bonchev–Trinajstić information content (AvgIpc) is 3.21. The fraction of sp³-hybridized carbons (Fsp3) is 0.273. The first-order valence-corrected chi connectivity index (χ1v) is 10.2. The number of hydrogen-bond donors (Lipinski definition) is 1. The van der Waals surface area contributed by atoms with E-state index in [1.165, 1.54) is 18.3 Å². The minimum absolute atomic E-state index is 0.00317. The predicted octanol–water partition coefficient (Wildman–Crippen LogP) is 3.97. The summed E-state index contributed by atoms with van der Waals surface area (Å²) in [6.45, 7) is 0.350. The van der Waals surface area contributed by atoms with Crippen molar-refractivity contribution in [3.05, 3.63) is 58.8 Å². The van der Waals surface area contributed by atoms with Crippen LogP contribution in [0.2, 0.25) is 0 Å². The number of carbonyl (C=O) groups is 1. The molecule has 0 atom stereocenters. The Morgan fingerprint density at radius 2 is 1.97 bits per heavy atom. The Bertz CT molecular complexity index is 1430. The molecule has 1 aliphatic heterocycles. The number of aromatic nitrogens is 4. The van der Waals surface area contributed by atoms with E-state index in [-0.39, 0.29) is 23.0 Å². The highest BCUT2D eigenvalue weighted by Crippen LogP contribution is 2.34. The van der Waals surface area contributed by atoms with Crippen molar-refractivity contribution in [1.29, 1.82) is 0 Å². The van der Waals surface area contributed by atoms with Crippen molar-refractivity contribution in [1.82, 2.24) is 24.9 Å². The number of nitrogen functional groups attached to an aromatic ring is 1. The Balaban J connectivity index is 0.000000172. The molecule has 0 unspecified atom stereocenters. The lowest BCUT2D eigenvalue weighted by Crippen LogP contribution is -2.18. The van der Waals surface area contributed by atoms with E-state index in [2.05, 4.69) is 15.1 Å². The molecule has 0 radical (unpaired) electrons. The van der Waals surface area contributed by atoms with Crippen molar-refractivity contribution in [3.8, 4) is 0 Å². The minimum Gasteiger partial charge on any atom is -0.383 e. The van der Waals surface area contributed by atoms with Gasteiger partial charge in [-0.25, -0.2) is 14.4 Å². The van der Waals surface area contributed by atoms with Crippen LogP contribution in [0.15, 0.2) is 30.6 Å². The van der Waals surface area contributed by atoms with Gasteiger partial charge in [-0.2, -0.15) is 23.4 Å². The maximum atomic E-state index is 13.5. The van der Waals surface area contributed by atoms with E-state index in [0.717, 1.165) is 18.6 Å². The average molecular weight is 494 g/mol. The van der Waals surface area contributed by atoms with Crippen molar-refractivity contribution in [2.24, 2.45) is 7.05 Å². The number of carbonyl (C=O) groups excluding carboxylic acids is 1. The van der Waals surface area contributed by atoms with E-state index in [0.29, 0.717) is 40.7 Å². The third kappa shape index (κ3) is 4.58. The fourth-order valence-corrected chi connectivity index (χ4v) is 3.76. The fourth-order valence-electron chi connectivity index (χ4n) is 3.76. The molecule has 3 aromatic heterocycles. The number of halogens is 5. The molecule has 1 aliphatic rings. The number of ether oxygens (including phenoxy) is 1. The molecule has 2 N–H and O–H groups in total. The summed E-state index contributed by atoms with van der Waals surface area (Å²) in [7, 11) is 2.78. The van der Waals surface area contributed by atoms with Crippen LogP contribution in [0.4, 0.5) is 27.9 Å². The Hall–Kier alpha value is -3.87.